The van der Waals surface area contributed by atoms with Crippen molar-refractivity contribution in [2.75, 3.05) is 6.66 Å². The summed E-state index contributed by atoms with van der Waals surface area (Å²) in [6.45, 7) is 3.54. The highest BCUT2D eigenvalue weighted by Crippen LogP contribution is 2.12. The maximum Gasteiger partial charge on any atom is 0.294 e. The lowest BCUT2D eigenvalue weighted by Crippen LogP contribution is -1.99. The number of hydrogen-bond acceptors (Lipinski definition) is 2. The highest BCUT2D eigenvalue weighted by molar-refractivity contribution is 7.85. The minimum Gasteiger partial charge on any atom is -0.282 e. The molecule has 1 unspecified atom stereocenters. The fourth-order valence-electron chi connectivity index (χ4n) is 0.846. The maximum absolute atomic E-state index is 10.6. The Kier molecular flexibility index (Phi) is 5.14. The third-order valence-corrected chi connectivity index (χ3v) is 2.39. The summed E-state index contributed by atoms with van der Waals surface area (Å²) < 4.78 is 29.9. The van der Waals surface area contributed by atoms with E-state index in [-0.39, 0.29) is 4.90 Å². The van der Waals surface area contributed by atoms with Gasteiger partial charge in [0.1, 0.15) is 0 Å². The molecule has 0 amide bonds. The van der Waals surface area contributed by atoms with E-state index in [1.165, 1.54) is 6.07 Å². The average molecular weight is 220 g/mol. The van der Waals surface area contributed by atoms with Crippen LogP contribution in [-0.2, 0) is 10.1 Å². The Labute approximate surface area is 81.1 Å². The van der Waals surface area contributed by atoms with E-state index in [9.17, 15) is 8.42 Å². The Morgan fingerprint density at radius 1 is 1.23 bits per heavy atom. The Balaban J connectivity index is 0.000000671. The molecule has 74 valence electrons. The highest BCUT2D eigenvalue weighted by Gasteiger charge is 2.10. The molecule has 1 aromatic rings. The molecule has 1 atom stereocenters. The standard InChI is InChI=1S/C7H8O3S.CH5P/c1-6-4-2-3-5-7(6)11(8,9)10;1-2/h2-5H,1H3,(H,8,9,10);2H2,1H3. The molecule has 0 aliphatic rings. The fourth-order valence-corrected chi connectivity index (χ4v) is 1.57. The Bertz CT molecular complexity index is 359. The molecule has 13 heavy (non-hydrogen) atoms. The zero-order chi connectivity index (χ0) is 10.5. The normalized spacial score (nSPS) is 10.2. The molecule has 0 heterocycles. The quantitative estimate of drug-likeness (QED) is 0.579. The van der Waals surface area contributed by atoms with Gasteiger partial charge in [0.05, 0.1) is 4.90 Å². The number of aryl methyl sites for hydroxylation is 1. The molecule has 5 heteroatoms. The number of hydrogen-bond donors (Lipinski definition) is 1. The van der Waals surface area contributed by atoms with Crippen molar-refractivity contribution in [1.82, 2.24) is 0 Å². The Morgan fingerprint density at radius 2 is 1.69 bits per heavy atom. The second-order valence-electron chi connectivity index (χ2n) is 2.24. The molecule has 1 N–H and O–H groups in total. The topological polar surface area (TPSA) is 54.4 Å². The molecule has 0 saturated carbocycles. The van der Waals surface area contributed by atoms with Crippen molar-refractivity contribution in [2.45, 2.75) is 11.8 Å². The van der Waals surface area contributed by atoms with E-state index in [2.05, 4.69) is 9.24 Å². The van der Waals surface area contributed by atoms with Gasteiger partial charge in [0.25, 0.3) is 10.1 Å². The first-order chi connectivity index (χ1) is 6.02. The van der Waals surface area contributed by atoms with Gasteiger partial charge in [-0.2, -0.15) is 8.42 Å². The molecule has 0 fully saturated rings. The van der Waals surface area contributed by atoms with Crippen LogP contribution in [0.3, 0.4) is 0 Å². The van der Waals surface area contributed by atoms with Crippen molar-refractivity contribution in [2.24, 2.45) is 0 Å². The van der Waals surface area contributed by atoms with Gasteiger partial charge in [-0.1, -0.05) is 24.9 Å². The molecule has 1 rings (SSSR count). The predicted molar refractivity (Wildman–Crippen MR) is 56.6 cm³/mol. The summed E-state index contributed by atoms with van der Waals surface area (Å²) in [4.78, 5) is -0.0278. The Morgan fingerprint density at radius 3 is 2.00 bits per heavy atom. The van der Waals surface area contributed by atoms with Crippen LogP contribution in [0.4, 0.5) is 0 Å². The summed E-state index contributed by atoms with van der Waals surface area (Å²) in [5.41, 5.74) is 0.551. The van der Waals surface area contributed by atoms with Gasteiger partial charge in [-0.05, 0) is 18.6 Å². The first-order valence-electron chi connectivity index (χ1n) is 3.62. The van der Waals surface area contributed by atoms with Crippen LogP contribution in [-0.4, -0.2) is 19.6 Å². The van der Waals surface area contributed by atoms with Crippen molar-refractivity contribution in [3.05, 3.63) is 29.8 Å². The van der Waals surface area contributed by atoms with E-state index < -0.39 is 10.1 Å². The van der Waals surface area contributed by atoms with Crippen LogP contribution >= 0.6 is 9.24 Å². The summed E-state index contributed by atoms with van der Waals surface area (Å²) in [5, 5.41) is 0. The second kappa shape index (κ2) is 5.32. The predicted octanol–water partition coefficient (Wildman–Crippen LogP) is 1.73. The van der Waals surface area contributed by atoms with Crippen molar-refractivity contribution in [3.8, 4) is 0 Å². The smallest absolute Gasteiger partial charge is 0.282 e. The van der Waals surface area contributed by atoms with Crippen LogP contribution in [0.5, 0.6) is 0 Å². The Hall–Kier alpha value is -0.440. The first-order valence-corrected chi connectivity index (χ1v) is 6.22. The molecule has 0 radical (unpaired) electrons. The minimum absolute atomic E-state index is 0.0278. The number of benzene rings is 1. The van der Waals surface area contributed by atoms with E-state index in [4.69, 9.17) is 4.55 Å². The monoisotopic (exact) mass is 220 g/mol. The van der Waals surface area contributed by atoms with E-state index in [0.717, 1.165) is 0 Å². The van der Waals surface area contributed by atoms with E-state index in [1.54, 1.807) is 25.1 Å². The van der Waals surface area contributed by atoms with Crippen LogP contribution in [0, 0.1) is 6.92 Å². The molecule has 0 bridgehead atoms. The van der Waals surface area contributed by atoms with Crippen LogP contribution in [0.25, 0.3) is 0 Å². The zero-order valence-electron chi connectivity index (χ0n) is 7.56. The molecule has 1 aromatic carbocycles. The van der Waals surface area contributed by atoms with Crippen LogP contribution in [0.1, 0.15) is 5.56 Å². The van der Waals surface area contributed by atoms with Crippen LogP contribution in [0.15, 0.2) is 29.2 Å². The van der Waals surface area contributed by atoms with E-state index >= 15 is 0 Å². The van der Waals surface area contributed by atoms with Crippen molar-refractivity contribution < 1.29 is 13.0 Å². The average Bonchev–Trinajstić information content (AvgIpc) is 2.07. The van der Waals surface area contributed by atoms with Gasteiger partial charge < -0.3 is 0 Å². The first kappa shape index (κ1) is 12.6. The third-order valence-electron chi connectivity index (χ3n) is 1.37. The lowest BCUT2D eigenvalue weighted by atomic mass is 10.2. The molecule has 0 aliphatic heterocycles. The molecule has 0 aliphatic carbocycles. The van der Waals surface area contributed by atoms with Crippen LogP contribution in [0.2, 0.25) is 0 Å². The third kappa shape index (κ3) is 3.85. The van der Waals surface area contributed by atoms with Gasteiger partial charge in [0.2, 0.25) is 0 Å². The SMILES string of the molecule is CP.Cc1ccccc1S(=O)(=O)O. The van der Waals surface area contributed by atoms with Crippen molar-refractivity contribution >= 4 is 19.4 Å². The van der Waals surface area contributed by atoms with Gasteiger partial charge in [-0.15, -0.1) is 9.24 Å². The molecule has 3 nitrogen and oxygen atoms in total. The van der Waals surface area contributed by atoms with Crippen LogP contribution < -0.4 is 0 Å². The van der Waals surface area contributed by atoms with Gasteiger partial charge in [-0.25, -0.2) is 0 Å². The maximum atomic E-state index is 10.6. The fraction of sp³-hybridized carbons (Fsp3) is 0.250. The summed E-state index contributed by atoms with van der Waals surface area (Å²) in [5.74, 6) is 0. The van der Waals surface area contributed by atoms with E-state index in [0.29, 0.717) is 5.56 Å². The van der Waals surface area contributed by atoms with Gasteiger partial charge in [-0.3, -0.25) is 4.55 Å². The van der Waals surface area contributed by atoms with Gasteiger partial charge in [0.15, 0.2) is 0 Å². The van der Waals surface area contributed by atoms with Crippen molar-refractivity contribution in [3.63, 3.8) is 0 Å². The summed E-state index contributed by atoms with van der Waals surface area (Å²) in [6, 6.07) is 6.27. The lowest BCUT2D eigenvalue weighted by Gasteiger charge is -1.99. The molecular formula is C8H13O3PS. The highest BCUT2D eigenvalue weighted by atomic mass is 32.2. The van der Waals surface area contributed by atoms with Crippen molar-refractivity contribution in [1.29, 1.82) is 0 Å². The summed E-state index contributed by atoms with van der Waals surface area (Å²) in [6.07, 6.45) is 0. The lowest BCUT2D eigenvalue weighted by molar-refractivity contribution is 0.482. The number of rotatable bonds is 1. The minimum atomic E-state index is -4.03. The zero-order valence-corrected chi connectivity index (χ0v) is 9.53. The van der Waals surface area contributed by atoms with E-state index in [1.807, 2.05) is 6.66 Å². The van der Waals surface area contributed by atoms with Gasteiger partial charge in [0, 0.05) is 0 Å². The largest absolute Gasteiger partial charge is 0.294 e. The molecule has 0 spiro atoms. The molecule has 0 aromatic heterocycles. The molecule has 0 saturated heterocycles. The summed E-state index contributed by atoms with van der Waals surface area (Å²) >= 11 is 0. The second-order valence-corrected chi connectivity index (χ2v) is 3.63. The molecular weight excluding hydrogens is 207 g/mol. The summed E-state index contributed by atoms with van der Waals surface area (Å²) in [7, 11) is -1.62. The van der Waals surface area contributed by atoms with Gasteiger partial charge >= 0.3 is 0 Å².